The largest absolute Gasteiger partial charge is 0.0836 e. The maximum Gasteiger partial charge on any atom is 0.0144 e. The summed E-state index contributed by atoms with van der Waals surface area (Å²) in [7, 11) is 0. The van der Waals surface area contributed by atoms with Gasteiger partial charge < -0.3 is 0 Å². The average molecular weight is 311 g/mol. The number of hydrogen-bond acceptors (Lipinski definition) is 0. The van der Waals surface area contributed by atoms with Gasteiger partial charge in [-0.2, -0.15) is 0 Å². The predicted molar refractivity (Wildman–Crippen MR) is 84.4 cm³/mol. The lowest BCUT2D eigenvalue weighted by Gasteiger charge is -2.22. The van der Waals surface area contributed by atoms with E-state index in [0.29, 0.717) is 0 Å². The van der Waals surface area contributed by atoms with E-state index in [1.54, 1.807) is 5.57 Å². The third-order valence-electron chi connectivity index (χ3n) is 4.32. The minimum atomic E-state index is 1.05. The third kappa shape index (κ3) is 1.80. The minimum absolute atomic E-state index is 1.05. The van der Waals surface area contributed by atoms with Crippen molar-refractivity contribution < 1.29 is 0 Å². The highest BCUT2D eigenvalue weighted by Crippen LogP contribution is 2.27. The van der Waals surface area contributed by atoms with Crippen molar-refractivity contribution in [3.63, 3.8) is 0 Å². The predicted octanol–water partition coefficient (Wildman–Crippen LogP) is 3.29. The zero-order chi connectivity index (χ0) is 12.8. The van der Waals surface area contributed by atoms with Crippen molar-refractivity contribution in [3.05, 3.63) is 68.1 Å². The lowest BCUT2D eigenvalue weighted by Crippen LogP contribution is -2.27. The molecule has 3 aliphatic carbocycles. The van der Waals surface area contributed by atoms with Crippen molar-refractivity contribution in [2.45, 2.75) is 25.7 Å². The van der Waals surface area contributed by atoms with Crippen molar-refractivity contribution >= 4 is 27.6 Å². The molecule has 0 saturated carbocycles. The van der Waals surface area contributed by atoms with Gasteiger partial charge in [0, 0.05) is 4.48 Å². The van der Waals surface area contributed by atoms with Crippen LogP contribution >= 0.6 is 15.9 Å². The van der Waals surface area contributed by atoms with Crippen LogP contribution in [0.3, 0.4) is 0 Å². The monoisotopic (exact) mass is 310 g/mol. The Morgan fingerprint density at radius 1 is 1.00 bits per heavy atom. The Hall–Kier alpha value is -1.34. The first-order valence-corrected chi connectivity index (χ1v) is 7.70. The molecular weight excluding hydrogens is 296 g/mol. The Morgan fingerprint density at radius 2 is 1.89 bits per heavy atom. The zero-order valence-electron chi connectivity index (χ0n) is 10.7. The van der Waals surface area contributed by atoms with Gasteiger partial charge in [0.15, 0.2) is 0 Å². The highest BCUT2D eigenvalue weighted by molar-refractivity contribution is 9.12. The average Bonchev–Trinajstić information content (AvgIpc) is 2.46. The lowest BCUT2D eigenvalue weighted by atomic mass is 9.83. The summed E-state index contributed by atoms with van der Waals surface area (Å²) in [6.45, 7) is 0. The molecule has 0 nitrogen and oxygen atoms in total. The Morgan fingerprint density at radius 3 is 2.84 bits per heavy atom. The molecule has 1 aromatic carbocycles. The van der Waals surface area contributed by atoms with Crippen LogP contribution < -0.4 is 10.4 Å². The van der Waals surface area contributed by atoms with Crippen LogP contribution in [0.25, 0.3) is 11.6 Å². The first-order valence-electron chi connectivity index (χ1n) is 6.91. The molecule has 94 valence electrons. The molecule has 0 radical (unpaired) electrons. The zero-order valence-corrected chi connectivity index (χ0v) is 12.3. The summed E-state index contributed by atoms with van der Waals surface area (Å²) in [5.74, 6) is 0. The fourth-order valence-corrected chi connectivity index (χ4v) is 3.77. The molecule has 3 aliphatic rings. The molecule has 0 aliphatic heterocycles. The molecular formula is C18H15Br. The van der Waals surface area contributed by atoms with E-state index in [-0.39, 0.29) is 0 Å². The second-order valence-electron chi connectivity index (χ2n) is 5.39. The number of halogens is 1. The number of rotatable bonds is 0. The molecule has 0 aromatic heterocycles. The molecule has 0 N–H and O–H groups in total. The summed E-state index contributed by atoms with van der Waals surface area (Å²) in [4.78, 5) is 0. The number of fused-ring (bicyclic) bond motifs is 4. The summed E-state index contributed by atoms with van der Waals surface area (Å²) in [5, 5.41) is 2.84. The standard InChI is InChI=1S/C18H15Br/c19-14-7-10-16-13(11-14)6-9-17-15-4-2-1-3-12(15)5-8-18(16)17/h2,4-7,9,11H,1,3,8,10H2. The van der Waals surface area contributed by atoms with E-state index in [0.717, 1.165) is 12.8 Å². The van der Waals surface area contributed by atoms with Gasteiger partial charge in [-0.15, -0.1) is 0 Å². The highest BCUT2D eigenvalue weighted by atomic mass is 79.9. The molecule has 0 saturated heterocycles. The maximum absolute atomic E-state index is 3.59. The van der Waals surface area contributed by atoms with Crippen LogP contribution in [0, 0.1) is 0 Å². The van der Waals surface area contributed by atoms with Crippen LogP contribution in [0.1, 0.15) is 24.0 Å². The first-order chi connectivity index (χ1) is 9.33. The molecule has 0 amide bonds. The van der Waals surface area contributed by atoms with Gasteiger partial charge in [0.2, 0.25) is 0 Å². The number of benzene rings is 1. The van der Waals surface area contributed by atoms with E-state index in [4.69, 9.17) is 0 Å². The van der Waals surface area contributed by atoms with Gasteiger partial charge in [-0.05, 0) is 64.5 Å². The van der Waals surface area contributed by atoms with Crippen molar-refractivity contribution in [3.8, 4) is 0 Å². The van der Waals surface area contributed by atoms with Gasteiger partial charge in [0.05, 0.1) is 0 Å². The Labute approximate surface area is 121 Å². The second kappa shape index (κ2) is 4.35. The number of hydrogen-bond donors (Lipinski definition) is 0. The van der Waals surface area contributed by atoms with E-state index >= 15 is 0 Å². The molecule has 4 rings (SSSR count). The third-order valence-corrected chi connectivity index (χ3v) is 4.87. The van der Waals surface area contributed by atoms with Crippen molar-refractivity contribution in [2.24, 2.45) is 0 Å². The van der Waals surface area contributed by atoms with Gasteiger partial charge in [0.25, 0.3) is 0 Å². The molecule has 0 spiro atoms. The molecule has 0 heterocycles. The topological polar surface area (TPSA) is 0 Å². The van der Waals surface area contributed by atoms with Crippen LogP contribution in [-0.2, 0) is 12.8 Å². The van der Waals surface area contributed by atoms with E-state index in [1.165, 1.54) is 44.5 Å². The maximum atomic E-state index is 3.59. The molecule has 0 bridgehead atoms. The highest BCUT2D eigenvalue weighted by Gasteiger charge is 2.17. The fourth-order valence-electron chi connectivity index (χ4n) is 3.36. The van der Waals surface area contributed by atoms with Gasteiger partial charge >= 0.3 is 0 Å². The summed E-state index contributed by atoms with van der Waals surface area (Å²) in [6.07, 6.45) is 16.1. The van der Waals surface area contributed by atoms with Gasteiger partial charge in [-0.3, -0.25) is 0 Å². The van der Waals surface area contributed by atoms with Gasteiger partial charge in [0.1, 0.15) is 0 Å². The first kappa shape index (κ1) is 11.5. The van der Waals surface area contributed by atoms with E-state index in [9.17, 15) is 0 Å². The van der Waals surface area contributed by atoms with Gasteiger partial charge in [-0.1, -0.05) is 52.4 Å². The quantitative estimate of drug-likeness (QED) is 0.690. The summed E-state index contributed by atoms with van der Waals surface area (Å²) in [5.41, 5.74) is 6.06. The van der Waals surface area contributed by atoms with E-state index in [2.05, 4.69) is 58.4 Å². The molecule has 0 fully saturated rings. The normalized spacial score (nSPS) is 19.7. The molecule has 0 atom stereocenters. The van der Waals surface area contributed by atoms with Gasteiger partial charge in [-0.25, -0.2) is 0 Å². The van der Waals surface area contributed by atoms with Crippen molar-refractivity contribution in [1.82, 2.24) is 0 Å². The Kier molecular flexibility index (Phi) is 2.63. The van der Waals surface area contributed by atoms with Crippen LogP contribution in [-0.4, -0.2) is 0 Å². The van der Waals surface area contributed by atoms with Crippen LogP contribution in [0.4, 0.5) is 0 Å². The van der Waals surface area contributed by atoms with Crippen molar-refractivity contribution in [2.75, 3.05) is 0 Å². The van der Waals surface area contributed by atoms with E-state index in [1.807, 2.05) is 0 Å². The summed E-state index contributed by atoms with van der Waals surface area (Å²) >= 11 is 3.59. The Bertz CT molecular complexity index is 773. The van der Waals surface area contributed by atoms with Crippen molar-refractivity contribution in [1.29, 1.82) is 0 Å². The lowest BCUT2D eigenvalue weighted by molar-refractivity contribution is 0.963. The molecule has 1 heteroatoms. The fraction of sp³-hybridized carbons (Fsp3) is 0.222. The SMILES string of the molecule is BrC1=CCc2c3c(ccc2=C1)=C1C=CCCC1=CC3. The summed E-state index contributed by atoms with van der Waals surface area (Å²) in [6, 6.07) is 4.59. The molecule has 1 aromatic rings. The van der Waals surface area contributed by atoms with Crippen LogP contribution in [0.15, 0.2) is 46.5 Å². The van der Waals surface area contributed by atoms with E-state index < -0.39 is 0 Å². The minimum Gasteiger partial charge on any atom is -0.0836 e. The molecule has 19 heavy (non-hydrogen) atoms. The smallest absolute Gasteiger partial charge is 0.0144 e. The Balaban J connectivity index is 2.05. The van der Waals surface area contributed by atoms with Crippen LogP contribution in [0.5, 0.6) is 0 Å². The molecule has 0 unspecified atom stereocenters. The van der Waals surface area contributed by atoms with Crippen LogP contribution in [0.2, 0.25) is 0 Å². The second-order valence-corrected chi connectivity index (χ2v) is 6.30. The summed E-state index contributed by atoms with van der Waals surface area (Å²) < 4.78 is 1.21. The number of allylic oxidation sites excluding steroid dienone is 6.